The second-order valence-electron chi connectivity index (χ2n) is 6.66. The summed E-state index contributed by atoms with van der Waals surface area (Å²) in [5, 5.41) is 41.9. The molecule has 0 heterocycles. The lowest BCUT2D eigenvalue weighted by Gasteiger charge is -2.45. The van der Waals surface area contributed by atoms with Gasteiger partial charge in [-0.25, -0.2) is 0 Å². The monoisotopic (exact) mass is 378 g/mol. The predicted octanol–water partition coefficient (Wildman–Crippen LogP) is -0.505. The molecule has 144 valence electrons. The highest BCUT2D eigenvalue weighted by molar-refractivity contribution is 6.29. The summed E-state index contributed by atoms with van der Waals surface area (Å²) in [5.74, 6) is -3.08. The third-order valence-electron chi connectivity index (χ3n) is 4.86. The number of methoxy groups -OCH3 is 1. The molecule has 0 spiro atoms. The molecule has 0 radical (unpaired) electrons. The van der Waals surface area contributed by atoms with E-state index in [4.69, 9.17) is 9.47 Å². The van der Waals surface area contributed by atoms with E-state index in [-0.39, 0.29) is 16.9 Å². The van der Waals surface area contributed by atoms with Crippen LogP contribution >= 0.6 is 0 Å². The molecule has 9 heteroatoms. The predicted molar refractivity (Wildman–Crippen MR) is 88.5 cm³/mol. The lowest BCUT2D eigenvalue weighted by molar-refractivity contribution is -0.191. The van der Waals surface area contributed by atoms with Gasteiger partial charge in [0.15, 0.2) is 17.7 Å². The number of carbonyl (C=O) groups is 3. The number of aliphatic hydroxyl groups is 3. The van der Waals surface area contributed by atoms with Gasteiger partial charge < -0.3 is 29.9 Å². The molecule has 0 saturated heterocycles. The van der Waals surface area contributed by atoms with Gasteiger partial charge in [0.25, 0.3) is 0 Å². The topological polar surface area (TPSA) is 151 Å². The van der Waals surface area contributed by atoms with Crippen LogP contribution in [0.1, 0.15) is 34.6 Å². The normalized spacial score (nSPS) is 29.9. The first-order valence-electron chi connectivity index (χ1n) is 8.02. The summed E-state index contributed by atoms with van der Waals surface area (Å²) >= 11 is 0. The number of carbonyl (C=O) groups excluding carboxylic acids is 3. The number of phenolic OH excluding ortho intramolecular Hbond substituents is 1. The van der Waals surface area contributed by atoms with Crippen LogP contribution in [0, 0.1) is 0 Å². The molecule has 0 aliphatic heterocycles. The number of esters is 1. The van der Waals surface area contributed by atoms with Crippen LogP contribution in [-0.4, -0.2) is 69.0 Å². The molecule has 2 aliphatic rings. The highest BCUT2D eigenvalue weighted by Gasteiger charge is 2.57. The Hall–Kier alpha value is -2.75. The average Bonchev–Trinajstić information content (AvgIpc) is 2.59. The van der Waals surface area contributed by atoms with Crippen molar-refractivity contribution >= 4 is 17.5 Å². The first-order chi connectivity index (χ1) is 12.5. The molecule has 0 amide bonds. The van der Waals surface area contributed by atoms with Crippen molar-refractivity contribution in [2.45, 2.75) is 37.8 Å². The zero-order valence-corrected chi connectivity index (χ0v) is 14.7. The Kier molecular flexibility index (Phi) is 4.34. The maximum atomic E-state index is 12.9. The molecule has 2 aliphatic carbocycles. The molecule has 4 atom stereocenters. The summed E-state index contributed by atoms with van der Waals surface area (Å²) < 4.78 is 9.87. The summed E-state index contributed by atoms with van der Waals surface area (Å²) in [4.78, 5) is 37.2. The molecular weight excluding hydrogens is 360 g/mol. The van der Waals surface area contributed by atoms with Crippen LogP contribution in [0.5, 0.6) is 11.5 Å². The van der Waals surface area contributed by atoms with Crippen molar-refractivity contribution in [3.8, 4) is 11.5 Å². The summed E-state index contributed by atoms with van der Waals surface area (Å²) in [6.07, 6.45) is -5.49. The molecule has 3 rings (SSSR count). The number of Topliss-reactive ketones (excluding diaryl/α,β-unsaturated/α-hetero) is 2. The number of ketones is 2. The maximum Gasteiger partial charge on any atom is 0.303 e. The van der Waals surface area contributed by atoms with Crippen molar-refractivity contribution in [3.05, 3.63) is 34.4 Å². The third-order valence-corrected chi connectivity index (χ3v) is 4.86. The van der Waals surface area contributed by atoms with Crippen molar-refractivity contribution in [2.75, 3.05) is 7.11 Å². The van der Waals surface area contributed by atoms with Gasteiger partial charge in [0, 0.05) is 29.7 Å². The Morgan fingerprint density at radius 3 is 2.33 bits per heavy atom. The fourth-order valence-electron chi connectivity index (χ4n) is 3.51. The fraction of sp³-hybridized carbons (Fsp3) is 0.389. The van der Waals surface area contributed by atoms with Crippen LogP contribution in [-0.2, 0) is 9.53 Å². The van der Waals surface area contributed by atoms with E-state index < -0.39 is 58.3 Å². The summed E-state index contributed by atoms with van der Waals surface area (Å²) in [6, 6.07) is 2.34. The second kappa shape index (κ2) is 6.15. The van der Waals surface area contributed by atoms with E-state index in [1.165, 1.54) is 13.2 Å². The first kappa shape index (κ1) is 19.0. The molecule has 1 aromatic carbocycles. The molecule has 4 N–H and O–H groups in total. The molecule has 0 aromatic heterocycles. The van der Waals surface area contributed by atoms with Gasteiger partial charge >= 0.3 is 5.97 Å². The Morgan fingerprint density at radius 2 is 1.78 bits per heavy atom. The quantitative estimate of drug-likeness (QED) is 0.499. The van der Waals surface area contributed by atoms with Gasteiger partial charge in [0.2, 0.25) is 0 Å². The third kappa shape index (κ3) is 2.62. The van der Waals surface area contributed by atoms with Crippen molar-refractivity contribution in [1.82, 2.24) is 0 Å². The van der Waals surface area contributed by atoms with E-state index in [1.54, 1.807) is 0 Å². The van der Waals surface area contributed by atoms with Crippen molar-refractivity contribution in [3.63, 3.8) is 0 Å². The summed E-state index contributed by atoms with van der Waals surface area (Å²) in [5.41, 5.74) is -3.88. The van der Waals surface area contributed by atoms with Gasteiger partial charge in [-0.3, -0.25) is 14.4 Å². The minimum absolute atomic E-state index is 0.104. The van der Waals surface area contributed by atoms with Gasteiger partial charge in [0.05, 0.1) is 12.7 Å². The number of hydrogen-bond donors (Lipinski definition) is 4. The Labute approximate surface area is 153 Å². The summed E-state index contributed by atoms with van der Waals surface area (Å²) in [7, 11) is 1.30. The minimum Gasteiger partial charge on any atom is -0.507 e. The van der Waals surface area contributed by atoms with Crippen LogP contribution < -0.4 is 4.74 Å². The largest absolute Gasteiger partial charge is 0.507 e. The molecule has 0 fully saturated rings. The smallest absolute Gasteiger partial charge is 0.303 e. The number of benzene rings is 1. The maximum absolute atomic E-state index is 12.9. The van der Waals surface area contributed by atoms with Crippen molar-refractivity contribution in [1.29, 1.82) is 0 Å². The number of hydrogen-bond acceptors (Lipinski definition) is 9. The Balaban J connectivity index is 2.24. The molecule has 9 nitrogen and oxygen atoms in total. The number of phenols is 1. The van der Waals surface area contributed by atoms with E-state index in [0.717, 1.165) is 19.9 Å². The first-order valence-corrected chi connectivity index (χ1v) is 8.02. The molecule has 0 unspecified atom stereocenters. The molecule has 0 saturated carbocycles. The average molecular weight is 378 g/mol. The highest BCUT2D eigenvalue weighted by Crippen LogP contribution is 2.44. The lowest BCUT2D eigenvalue weighted by Crippen LogP contribution is -2.63. The molecule has 27 heavy (non-hydrogen) atoms. The van der Waals surface area contributed by atoms with E-state index in [9.17, 15) is 34.8 Å². The second-order valence-corrected chi connectivity index (χ2v) is 6.66. The highest BCUT2D eigenvalue weighted by atomic mass is 16.6. The molecular formula is C18H18O9. The van der Waals surface area contributed by atoms with Crippen LogP contribution in [0.15, 0.2) is 23.3 Å². The van der Waals surface area contributed by atoms with Gasteiger partial charge in [-0.1, -0.05) is 0 Å². The number of aliphatic hydroxyl groups excluding tert-OH is 2. The van der Waals surface area contributed by atoms with E-state index in [2.05, 4.69) is 0 Å². The molecule has 1 aromatic rings. The Morgan fingerprint density at radius 1 is 1.15 bits per heavy atom. The van der Waals surface area contributed by atoms with Crippen LogP contribution in [0.3, 0.4) is 0 Å². The molecule has 0 bridgehead atoms. The zero-order chi connectivity index (χ0) is 20.3. The van der Waals surface area contributed by atoms with Gasteiger partial charge in [0.1, 0.15) is 29.3 Å². The van der Waals surface area contributed by atoms with Gasteiger partial charge in [-0.2, -0.15) is 0 Å². The fourth-order valence-corrected chi connectivity index (χ4v) is 3.51. The standard InChI is InChI=1S/C18H18O9/c1-6(19)27-17-15(23)11-12(16(24)18(17,2)25)13(21)8-4-7(26-3)5-9(20)10(8)14(11)22/h4-5,15-17,20,23-25H,1-3H3/t15-,16-,17-,18+/m1/s1. The van der Waals surface area contributed by atoms with E-state index in [0.29, 0.717) is 0 Å². The van der Waals surface area contributed by atoms with Gasteiger partial charge in [-0.05, 0) is 13.0 Å². The SMILES string of the molecule is COc1cc(O)c2c(c1)C(=O)C1=C(C2=O)[C@@H](O)[C@@H](OC(C)=O)[C@@](C)(O)[C@@H]1O. The van der Waals surface area contributed by atoms with E-state index in [1.807, 2.05) is 0 Å². The minimum atomic E-state index is -2.24. The number of rotatable bonds is 2. The van der Waals surface area contributed by atoms with Crippen molar-refractivity contribution < 1.29 is 44.3 Å². The van der Waals surface area contributed by atoms with Crippen LogP contribution in [0.2, 0.25) is 0 Å². The van der Waals surface area contributed by atoms with Gasteiger partial charge in [-0.15, -0.1) is 0 Å². The van der Waals surface area contributed by atoms with E-state index >= 15 is 0 Å². The Bertz CT molecular complexity index is 896. The van der Waals surface area contributed by atoms with Crippen molar-refractivity contribution in [2.24, 2.45) is 0 Å². The van der Waals surface area contributed by atoms with Crippen LogP contribution in [0.25, 0.3) is 0 Å². The summed E-state index contributed by atoms with van der Waals surface area (Å²) in [6.45, 7) is 2.11. The number of ether oxygens (including phenoxy) is 2. The van der Waals surface area contributed by atoms with Crippen LogP contribution in [0.4, 0.5) is 0 Å². The number of aromatic hydroxyl groups is 1. The number of fused-ring (bicyclic) bond motifs is 1. The lowest BCUT2D eigenvalue weighted by atomic mass is 9.68. The zero-order valence-electron chi connectivity index (χ0n) is 14.7.